The molecule has 0 aliphatic carbocycles. The predicted molar refractivity (Wildman–Crippen MR) is 132 cm³/mol. The highest BCUT2D eigenvalue weighted by Crippen LogP contribution is 2.28. The first-order chi connectivity index (χ1) is 17.3. The van der Waals surface area contributed by atoms with Gasteiger partial charge in [-0.2, -0.15) is 5.26 Å². The van der Waals surface area contributed by atoms with Crippen molar-refractivity contribution in [3.8, 4) is 23.1 Å². The van der Waals surface area contributed by atoms with Gasteiger partial charge in [-0.15, -0.1) is 0 Å². The molecular formula is C27H29N5O3. The van der Waals surface area contributed by atoms with Crippen molar-refractivity contribution in [2.24, 2.45) is 0 Å². The van der Waals surface area contributed by atoms with E-state index in [1.165, 1.54) is 5.56 Å². The Hall–Kier alpha value is -3.51. The van der Waals surface area contributed by atoms with Gasteiger partial charge in [-0.1, -0.05) is 12.1 Å². The van der Waals surface area contributed by atoms with E-state index in [0.717, 1.165) is 62.6 Å². The first-order valence-electron chi connectivity index (χ1n) is 12.0. The second-order valence-electron chi connectivity index (χ2n) is 8.73. The molecule has 3 aromatic rings. The van der Waals surface area contributed by atoms with Crippen molar-refractivity contribution in [1.82, 2.24) is 14.9 Å². The Morgan fingerprint density at radius 1 is 1.00 bits per heavy atom. The third-order valence-corrected chi connectivity index (χ3v) is 6.23. The predicted octanol–water partition coefficient (Wildman–Crippen LogP) is 4.15. The summed E-state index contributed by atoms with van der Waals surface area (Å²) in [6.45, 7) is 5.85. The van der Waals surface area contributed by atoms with E-state index in [-0.39, 0.29) is 6.10 Å². The minimum Gasteiger partial charge on any atom is -0.489 e. The van der Waals surface area contributed by atoms with E-state index in [4.69, 9.17) is 14.2 Å². The van der Waals surface area contributed by atoms with Crippen molar-refractivity contribution in [2.75, 3.05) is 44.8 Å². The van der Waals surface area contributed by atoms with Gasteiger partial charge < -0.3 is 19.5 Å². The first kappa shape index (κ1) is 23.2. The van der Waals surface area contributed by atoms with Crippen LogP contribution in [0, 0.1) is 11.3 Å². The summed E-state index contributed by atoms with van der Waals surface area (Å²) in [7, 11) is 0. The van der Waals surface area contributed by atoms with Gasteiger partial charge in [0.15, 0.2) is 0 Å². The van der Waals surface area contributed by atoms with E-state index in [0.29, 0.717) is 30.5 Å². The lowest BCUT2D eigenvalue weighted by atomic mass is 10.1. The van der Waals surface area contributed by atoms with Gasteiger partial charge in [0.05, 0.1) is 37.7 Å². The number of nitriles is 1. The summed E-state index contributed by atoms with van der Waals surface area (Å²) < 4.78 is 16.9. The maximum Gasteiger partial charge on any atom is 0.227 e. The standard InChI is InChI=1S/C27H29N5O3/c28-18-22-17-21(3-6-26(22)35-24-8-13-33-14-9-24)25-7-10-29-27(31-25)30-23-4-1-20(2-5-23)19-32-11-15-34-16-12-32/h1-7,10,17,24H,8-9,11-16,19H2,(H,29,30,31). The summed E-state index contributed by atoms with van der Waals surface area (Å²) in [6.07, 6.45) is 3.47. The van der Waals surface area contributed by atoms with Gasteiger partial charge in [-0.05, 0) is 42.0 Å². The quantitative estimate of drug-likeness (QED) is 0.549. The number of ether oxygens (including phenoxy) is 3. The average molecular weight is 472 g/mol. The molecule has 0 spiro atoms. The lowest BCUT2D eigenvalue weighted by Crippen LogP contribution is -2.35. The van der Waals surface area contributed by atoms with Crippen LogP contribution in [0.1, 0.15) is 24.0 Å². The van der Waals surface area contributed by atoms with E-state index < -0.39 is 0 Å². The number of hydrogen-bond donors (Lipinski definition) is 1. The third kappa shape index (κ3) is 6.14. The number of morpholine rings is 1. The number of hydrogen-bond acceptors (Lipinski definition) is 8. The van der Waals surface area contributed by atoms with Gasteiger partial charge in [0.1, 0.15) is 17.9 Å². The van der Waals surface area contributed by atoms with Crippen LogP contribution in [0.5, 0.6) is 5.75 Å². The van der Waals surface area contributed by atoms with E-state index in [1.54, 1.807) is 6.20 Å². The lowest BCUT2D eigenvalue weighted by molar-refractivity contribution is 0.0254. The fourth-order valence-electron chi connectivity index (χ4n) is 4.27. The SMILES string of the molecule is N#Cc1cc(-c2ccnc(Nc3ccc(CN4CCOCC4)cc3)n2)ccc1OC1CCOCC1. The number of nitrogens with zero attached hydrogens (tertiary/aromatic N) is 4. The molecule has 0 bridgehead atoms. The number of aromatic nitrogens is 2. The maximum atomic E-state index is 9.69. The smallest absolute Gasteiger partial charge is 0.227 e. The molecule has 1 aromatic heterocycles. The summed E-state index contributed by atoms with van der Waals surface area (Å²) in [4.78, 5) is 11.4. The third-order valence-electron chi connectivity index (χ3n) is 6.23. The molecule has 3 heterocycles. The molecule has 2 fully saturated rings. The second-order valence-corrected chi connectivity index (χ2v) is 8.73. The van der Waals surface area contributed by atoms with E-state index in [9.17, 15) is 5.26 Å². The van der Waals surface area contributed by atoms with Crippen LogP contribution in [0.2, 0.25) is 0 Å². The van der Waals surface area contributed by atoms with Crippen molar-refractivity contribution >= 4 is 11.6 Å². The molecule has 0 radical (unpaired) electrons. The monoisotopic (exact) mass is 471 g/mol. The number of benzene rings is 2. The zero-order chi connectivity index (χ0) is 23.9. The number of nitrogens with one attached hydrogen (secondary N) is 1. The van der Waals surface area contributed by atoms with Crippen molar-refractivity contribution < 1.29 is 14.2 Å². The topological polar surface area (TPSA) is 92.5 Å². The normalized spacial score (nSPS) is 17.0. The van der Waals surface area contributed by atoms with E-state index in [1.807, 2.05) is 36.4 Å². The van der Waals surface area contributed by atoms with Crippen LogP contribution in [-0.4, -0.2) is 60.5 Å². The molecule has 0 amide bonds. The molecule has 8 nitrogen and oxygen atoms in total. The zero-order valence-corrected chi connectivity index (χ0v) is 19.7. The fourth-order valence-corrected chi connectivity index (χ4v) is 4.27. The van der Waals surface area contributed by atoms with Gasteiger partial charge >= 0.3 is 0 Å². The van der Waals surface area contributed by atoms with Crippen LogP contribution in [0.3, 0.4) is 0 Å². The summed E-state index contributed by atoms with van der Waals surface area (Å²) in [5.41, 5.74) is 4.26. The highest BCUT2D eigenvalue weighted by molar-refractivity contribution is 5.65. The first-order valence-corrected chi connectivity index (χ1v) is 12.0. The van der Waals surface area contributed by atoms with Crippen LogP contribution in [-0.2, 0) is 16.0 Å². The van der Waals surface area contributed by atoms with Gasteiger partial charge in [-0.3, -0.25) is 4.90 Å². The maximum absolute atomic E-state index is 9.69. The van der Waals surface area contributed by atoms with E-state index in [2.05, 4.69) is 38.4 Å². The summed E-state index contributed by atoms with van der Waals surface area (Å²) >= 11 is 0. The average Bonchev–Trinajstić information content (AvgIpc) is 2.91. The van der Waals surface area contributed by atoms with Gasteiger partial charge in [-0.25, -0.2) is 9.97 Å². The molecule has 1 N–H and O–H groups in total. The fraction of sp³-hybridized carbons (Fsp3) is 0.370. The van der Waals surface area contributed by atoms with Crippen molar-refractivity contribution in [3.63, 3.8) is 0 Å². The molecule has 2 aromatic carbocycles. The molecule has 0 unspecified atom stereocenters. The van der Waals surface area contributed by atoms with E-state index >= 15 is 0 Å². The second kappa shape index (κ2) is 11.3. The molecule has 2 aliphatic heterocycles. The lowest BCUT2D eigenvalue weighted by Gasteiger charge is -2.26. The summed E-state index contributed by atoms with van der Waals surface area (Å²) in [5.74, 6) is 1.11. The highest BCUT2D eigenvalue weighted by atomic mass is 16.5. The number of rotatable bonds is 7. The molecule has 35 heavy (non-hydrogen) atoms. The number of anilines is 2. The Bertz CT molecular complexity index is 1170. The highest BCUT2D eigenvalue weighted by Gasteiger charge is 2.18. The largest absolute Gasteiger partial charge is 0.489 e. The zero-order valence-electron chi connectivity index (χ0n) is 19.7. The molecular weight excluding hydrogens is 442 g/mol. The Balaban J connectivity index is 1.26. The van der Waals surface area contributed by atoms with Crippen molar-refractivity contribution in [3.05, 3.63) is 65.9 Å². The molecule has 8 heteroatoms. The molecule has 2 saturated heterocycles. The van der Waals surface area contributed by atoms with Crippen LogP contribution >= 0.6 is 0 Å². The van der Waals surface area contributed by atoms with Gasteiger partial charge in [0, 0.05) is 49.9 Å². The molecule has 0 atom stereocenters. The Labute approximate surface area is 205 Å². The summed E-state index contributed by atoms with van der Waals surface area (Å²) in [5, 5.41) is 13.0. The van der Waals surface area contributed by atoms with Crippen LogP contribution in [0.25, 0.3) is 11.3 Å². The minimum absolute atomic E-state index is 0.0804. The van der Waals surface area contributed by atoms with Crippen LogP contribution in [0.4, 0.5) is 11.6 Å². The summed E-state index contributed by atoms with van der Waals surface area (Å²) in [6, 6.07) is 18.0. The van der Waals surface area contributed by atoms with Crippen LogP contribution < -0.4 is 10.1 Å². The molecule has 0 saturated carbocycles. The van der Waals surface area contributed by atoms with Crippen molar-refractivity contribution in [1.29, 1.82) is 5.26 Å². The van der Waals surface area contributed by atoms with Crippen molar-refractivity contribution in [2.45, 2.75) is 25.5 Å². The molecule has 180 valence electrons. The Morgan fingerprint density at radius 2 is 1.77 bits per heavy atom. The minimum atomic E-state index is 0.0804. The molecule has 2 aliphatic rings. The van der Waals surface area contributed by atoms with Crippen LogP contribution in [0.15, 0.2) is 54.7 Å². The van der Waals surface area contributed by atoms with Gasteiger partial charge in [0.2, 0.25) is 5.95 Å². The Kier molecular flexibility index (Phi) is 7.49. The van der Waals surface area contributed by atoms with Gasteiger partial charge in [0.25, 0.3) is 0 Å². The molecule has 5 rings (SSSR count). The Morgan fingerprint density at radius 3 is 2.54 bits per heavy atom.